The molecule has 7 nitrogen and oxygen atoms in total. The minimum atomic E-state index is -3.65. The largest absolute Gasteiger partial charge is 0.379 e. The van der Waals surface area contributed by atoms with E-state index in [4.69, 9.17) is 17.0 Å². The van der Waals surface area contributed by atoms with E-state index in [-0.39, 0.29) is 15.8 Å². The van der Waals surface area contributed by atoms with Crippen LogP contribution in [0.1, 0.15) is 18.4 Å². The number of sulfonamides is 1. The Morgan fingerprint density at radius 1 is 1.03 bits per heavy atom. The second-order valence-corrected chi connectivity index (χ2v) is 10.3. The average Bonchev–Trinajstić information content (AvgIpc) is 3.31. The number of thiocarbonyl (C=S) groups is 1. The molecule has 10 heteroatoms. The minimum absolute atomic E-state index is 0.203. The molecule has 0 unspecified atom stereocenters. The zero-order chi connectivity index (χ0) is 22.7. The number of ether oxygens (including phenoxy) is 1. The first kappa shape index (κ1) is 22.9. The van der Waals surface area contributed by atoms with E-state index >= 15 is 0 Å². The fraction of sp³-hybridized carbons (Fsp3) is 0.409. The minimum Gasteiger partial charge on any atom is -0.379 e. The molecule has 2 aliphatic heterocycles. The molecular formula is C22H27FN4O3S2. The van der Waals surface area contributed by atoms with Gasteiger partial charge in [0.15, 0.2) is 5.11 Å². The maximum absolute atomic E-state index is 13.9. The monoisotopic (exact) mass is 478 g/mol. The molecule has 0 amide bonds. The highest BCUT2D eigenvalue weighted by Crippen LogP contribution is 2.32. The molecule has 172 valence electrons. The van der Waals surface area contributed by atoms with Gasteiger partial charge in [0.1, 0.15) is 5.82 Å². The number of nitrogens with zero attached hydrogens (tertiary/aromatic N) is 2. The van der Waals surface area contributed by atoms with E-state index in [1.54, 1.807) is 31.2 Å². The Bertz CT molecular complexity index is 1100. The van der Waals surface area contributed by atoms with Crippen LogP contribution in [0.25, 0.3) is 0 Å². The molecule has 0 radical (unpaired) electrons. The lowest BCUT2D eigenvalue weighted by atomic mass is 10.2. The maximum atomic E-state index is 13.9. The SMILES string of the molecule is Cc1ccc(NC(=S)Nc2cc(S(=O)(=O)N3CCOCC3)ccc2N2CCCC2)cc1F. The van der Waals surface area contributed by atoms with Crippen LogP contribution < -0.4 is 15.5 Å². The van der Waals surface area contributed by atoms with Gasteiger partial charge in [-0.1, -0.05) is 6.07 Å². The molecule has 32 heavy (non-hydrogen) atoms. The van der Waals surface area contributed by atoms with Crippen LogP contribution in [0.15, 0.2) is 41.3 Å². The van der Waals surface area contributed by atoms with Crippen LogP contribution in [0.5, 0.6) is 0 Å². The van der Waals surface area contributed by atoms with Gasteiger partial charge in [-0.25, -0.2) is 12.8 Å². The van der Waals surface area contributed by atoms with Gasteiger partial charge in [0.05, 0.1) is 29.5 Å². The topological polar surface area (TPSA) is 73.9 Å². The summed E-state index contributed by atoms with van der Waals surface area (Å²) < 4.78 is 46.9. The van der Waals surface area contributed by atoms with Crippen molar-refractivity contribution in [3.05, 3.63) is 47.8 Å². The number of benzene rings is 2. The van der Waals surface area contributed by atoms with Crippen molar-refractivity contribution >= 4 is 44.4 Å². The number of hydrogen-bond donors (Lipinski definition) is 2. The van der Waals surface area contributed by atoms with Crippen molar-refractivity contribution in [2.24, 2.45) is 0 Å². The van der Waals surface area contributed by atoms with Crippen LogP contribution in [0.3, 0.4) is 0 Å². The standard InChI is InChI=1S/C22H27FN4O3S2/c1-16-4-5-17(14-19(16)23)24-22(31)25-20-15-18(6-7-21(20)26-8-2-3-9-26)32(28,29)27-10-12-30-13-11-27/h4-7,14-15H,2-3,8-13H2,1H3,(H2,24,25,31). The highest BCUT2D eigenvalue weighted by molar-refractivity contribution is 7.89. The molecule has 0 spiro atoms. The van der Waals surface area contributed by atoms with Crippen molar-refractivity contribution in [2.75, 3.05) is 54.9 Å². The third-order valence-electron chi connectivity index (χ3n) is 5.70. The summed E-state index contributed by atoms with van der Waals surface area (Å²) in [7, 11) is -3.65. The Balaban J connectivity index is 1.61. The molecule has 2 aromatic carbocycles. The average molecular weight is 479 g/mol. The summed E-state index contributed by atoms with van der Waals surface area (Å²) in [6, 6.07) is 9.90. The van der Waals surface area contributed by atoms with Gasteiger partial charge in [0.25, 0.3) is 0 Å². The van der Waals surface area contributed by atoms with Gasteiger partial charge in [-0.15, -0.1) is 0 Å². The molecule has 2 aliphatic rings. The van der Waals surface area contributed by atoms with Crippen LogP contribution in [-0.4, -0.2) is 57.2 Å². The van der Waals surface area contributed by atoms with Crippen molar-refractivity contribution in [2.45, 2.75) is 24.7 Å². The van der Waals surface area contributed by atoms with Crippen molar-refractivity contribution in [3.8, 4) is 0 Å². The first-order valence-electron chi connectivity index (χ1n) is 10.7. The van der Waals surface area contributed by atoms with Crippen molar-refractivity contribution < 1.29 is 17.5 Å². The number of aryl methyl sites for hydroxylation is 1. The summed E-state index contributed by atoms with van der Waals surface area (Å²) in [5.41, 5.74) is 2.56. The van der Waals surface area contributed by atoms with E-state index in [0.29, 0.717) is 43.2 Å². The first-order chi connectivity index (χ1) is 15.3. The van der Waals surface area contributed by atoms with Crippen molar-refractivity contribution in [1.82, 2.24) is 4.31 Å². The lowest BCUT2D eigenvalue weighted by Crippen LogP contribution is -2.40. The number of halogens is 1. The molecular weight excluding hydrogens is 451 g/mol. The fourth-order valence-electron chi connectivity index (χ4n) is 3.90. The van der Waals surface area contributed by atoms with Crippen LogP contribution >= 0.6 is 12.2 Å². The Labute approximate surface area is 193 Å². The molecule has 0 aromatic heterocycles. The van der Waals surface area contributed by atoms with Crippen molar-refractivity contribution in [1.29, 1.82) is 0 Å². The van der Waals surface area contributed by atoms with Gasteiger partial charge in [-0.2, -0.15) is 4.31 Å². The van der Waals surface area contributed by atoms with E-state index in [0.717, 1.165) is 31.6 Å². The Kier molecular flexibility index (Phi) is 6.94. The zero-order valence-electron chi connectivity index (χ0n) is 17.9. The lowest BCUT2D eigenvalue weighted by Gasteiger charge is -2.27. The predicted octanol–water partition coefficient (Wildman–Crippen LogP) is 3.56. The molecule has 2 fully saturated rings. The van der Waals surface area contributed by atoms with Gasteiger partial charge >= 0.3 is 0 Å². The molecule has 0 saturated carbocycles. The lowest BCUT2D eigenvalue weighted by molar-refractivity contribution is 0.0730. The highest BCUT2D eigenvalue weighted by atomic mass is 32.2. The Morgan fingerprint density at radius 2 is 1.75 bits per heavy atom. The van der Waals surface area contributed by atoms with Gasteiger partial charge in [0.2, 0.25) is 10.0 Å². The Hall–Kier alpha value is -2.27. The third-order valence-corrected chi connectivity index (χ3v) is 7.80. The molecule has 2 aromatic rings. The van der Waals surface area contributed by atoms with E-state index < -0.39 is 10.0 Å². The van der Waals surface area contributed by atoms with Crippen molar-refractivity contribution in [3.63, 3.8) is 0 Å². The zero-order valence-corrected chi connectivity index (χ0v) is 19.6. The molecule has 0 aliphatic carbocycles. The van der Waals surface area contributed by atoms with Crippen LogP contribution in [-0.2, 0) is 14.8 Å². The molecule has 2 saturated heterocycles. The summed E-state index contributed by atoms with van der Waals surface area (Å²) in [6.45, 7) is 4.92. The predicted molar refractivity (Wildman–Crippen MR) is 128 cm³/mol. The second kappa shape index (κ2) is 9.70. The van der Waals surface area contributed by atoms with E-state index in [9.17, 15) is 12.8 Å². The van der Waals surface area contributed by atoms with Gasteiger partial charge in [-0.05, 0) is 67.9 Å². The van der Waals surface area contributed by atoms with Gasteiger partial charge in [0, 0.05) is 31.9 Å². The Morgan fingerprint density at radius 3 is 2.44 bits per heavy atom. The quantitative estimate of drug-likeness (QED) is 0.637. The summed E-state index contributed by atoms with van der Waals surface area (Å²) in [5, 5.41) is 6.38. The summed E-state index contributed by atoms with van der Waals surface area (Å²) in [6.07, 6.45) is 2.16. The van der Waals surface area contributed by atoms with E-state index in [1.165, 1.54) is 10.4 Å². The number of rotatable bonds is 5. The van der Waals surface area contributed by atoms with Gasteiger partial charge in [-0.3, -0.25) is 0 Å². The number of morpholine rings is 1. The molecule has 2 N–H and O–H groups in total. The van der Waals surface area contributed by atoms with Crippen LogP contribution in [0.2, 0.25) is 0 Å². The summed E-state index contributed by atoms with van der Waals surface area (Å²) in [4.78, 5) is 2.41. The molecule has 0 bridgehead atoms. The molecule has 0 atom stereocenters. The smallest absolute Gasteiger partial charge is 0.243 e. The number of nitrogens with one attached hydrogen (secondary N) is 2. The third kappa shape index (κ3) is 5.03. The molecule has 4 rings (SSSR count). The van der Waals surface area contributed by atoms with Crippen LogP contribution in [0, 0.1) is 12.7 Å². The van der Waals surface area contributed by atoms with E-state index in [1.807, 2.05) is 6.07 Å². The highest BCUT2D eigenvalue weighted by Gasteiger charge is 2.28. The maximum Gasteiger partial charge on any atom is 0.243 e. The fourth-order valence-corrected chi connectivity index (χ4v) is 5.56. The van der Waals surface area contributed by atoms with Crippen LogP contribution in [0.4, 0.5) is 21.5 Å². The normalized spacial score (nSPS) is 17.4. The summed E-state index contributed by atoms with van der Waals surface area (Å²) in [5.74, 6) is -0.325. The number of hydrogen-bond acceptors (Lipinski definition) is 5. The summed E-state index contributed by atoms with van der Waals surface area (Å²) >= 11 is 5.45. The first-order valence-corrected chi connectivity index (χ1v) is 12.5. The number of anilines is 3. The molecule has 2 heterocycles. The van der Waals surface area contributed by atoms with E-state index in [2.05, 4.69) is 15.5 Å². The van der Waals surface area contributed by atoms with Gasteiger partial charge < -0.3 is 20.3 Å². The second-order valence-electron chi connectivity index (χ2n) is 7.93.